The molecule has 31 heavy (non-hydrogen) atoms. The van der Waals surface area contributed by atoms with E-state index >= 15 is 0 Å². The van der Waals surface area contributed by atoms with Gasteiger partial charge in [-0.05, 0) is 56.2 Å². The number of aromatic amines is 1. The number of aromatic nitrogens is 2. The van der Waals surface area contributed by atoms with Crippen molar-refractivity contribution >= 4 is 46.0 Å². The molecule has 7 nitrogen and oxygen atoms in total. The van der Waals surface area contributed by atoms with Gasteiger partial charge in [0.25, 0.3) is 11.8 Å². The molecule has 3 N–H and O–H groups in total. The zero-order valence-corrected chi connectivity index (χ0v) is 18.4. The number of hydrogen-bond donors (Lipinski definition) is 3. The number of amides is 2. The molecule has 9 heteroatoms. The van der Waals surface area contributed by atoms with Crippen LogP contribution in [0.1, 0.15) is 52.3 Å². The highest BCUT2D eigenvalue weighted by Gasteiger charge is 2.30. The minimum atomic E-state index is -0.381. The Morgan fingerprint density at radius 2 is 2.10 bits per heavy atom. The summed E-state index contributed by atoms with van der Waals surface area (Å²) in [7, 11) is 0. The second kappa shape index (κ2) is 8.86. The topological polar surface area (TPSA) is 98.3 Å². The standard InChI is InChI=1S/C22H22Cl2N4O3/c1-12(20-26-18-7-5-14(23)10-19(18)27-20)25-21(30)13-4-6-16(17(24)9-13)22(31)28-8-2-3-15(28)11-29/h4-7,9-10,12,15,29H,2-3,8,11H2,1H3,(H,25,30)(H,26,27)/t12-,15+/m0/s1. The number of aliphatic hydroxyl groups is 1. The first kappa shape index (κ1) is 21.6. The van der Waals surface area contributed by atoms with Crippen LogP contribution in [-0.2, 0) is 0 Å². The van der Waals surface area contributed by atoms with Gasteiger partial charge in [-0.1, -0.05) is 23.2 Å². The van der Waals surface area contributed by atoms with Crippen molar-refractivity contribution < 1.29 is 14.7 Å². The van der Waals surface area contributed by atoms with Crippen LogP contribution in [0.2, 0.25) is 10.0 Å². The second-order valence-electron chi connectivity index (χ2n) is 7.65. The van der Waals surface area contributed by atoms with E-state index in [1.165, 1.54) is 6.07 Å². The van der Waals surface area contributed by atoms with Gasteiger partial charge in [0.1, 0.15) is 5.82 Å². The van der Waals surface area contributed by atoms with Gasteiger partial charge in [0.05, 0.1) is 40.3 Å². The smallest absolute Gasteiger partial charge is 0.255 e. The molecule has 1 saturated heterocycles. The molecule has 0 bridgehead atoms. The molecule has 0 unspecified atom stereocenters. The van der Waals surface area contributed by atoms with Gasteiger partial charge >= 0.3 is 0 Å². The summed E-state index contributed by atoms with van der Waals surface area (Å²) in [6, 6.07) is 9.40. The molecule has 2 aromatic carbocycles. The van der Waals surface area contributed by atoms with Gasteiger partial charge < -0.3 is 20.3 Å². The van der Waals surface area contributed by atoms with Gasteiger partial charge in [-0.2, -0.15) is 0 Å². The number of nitrogens with zero attached hydrogens (tertiary/aromatic N) is 2. The zero-order valence-electron chi connectivity index (χ0n) is 16.9. The van der Waals surface area contributed by atoms with E-state index in [9.17, 15) is 14.7 Å². The van der Waals surface area contributed by atoms with E-state index in [0.29, 0.717) is 28.5 Å². The van der Waals surface area contributed by atoms with Gasteiger partial charge in [0, 0.05) is 17.1 Å². The van der Waals surface area contributed by atoms with Crippen molar-refractivity contribution in [2.75, 3.05) is 13.2 Å². The number of halogens is 2. The molecular formula is C22H22Cl2N4O3. The zero-order chi connectivity index (χ0) is 22.1. The van der Waals surface area contributed by atoms with Gasteiger partial charge in [0.15, 0.2) is 0 Å². The van der Waals surface area contributed by atoms with Crippen molar-refractivity contribution in [3.63, 3.8) is 0 Å². The van der Waals surface area contributed by atoms with E-state index in [0.717, 1.165) is 23.9 Å². The van der Waals surface area contributed by atoms with Crippen LogP contribution >= 0.6 is 23.2 Å². The molecule has 0 aliphatic carbocycles. The van der Waals surface area contributed by atoms with Gasteiger partial charge in [0.2, 0.25) is 0 Å². The number of carbonyl (C=O) groups is 2. The maximum Gasteiger partial charge on any atom is 0.255 e. The van der Waals surface area contributed by atoms with Crippen LogP contribution in [0.3, 0.4) is 0 Å². The first-order valence-electron chi connectivity index (χ1n) is 10.0. The summed E-state index contributed by atoms with van der Waals surface area (Å²) in [6.07, 6.45) is 1.62. The van der Waals surface area contributed by atoms with Crippen molar-refractivity contribution in [3.05, 3.63) is 63.4 Å². The number of fused-ring (bicyclic) bond motifs is 1. The fourth-order valence-corrected chi connectivity index (χ4v) is 4.26. The van der Waals surface area contributed by atoms with E-state index in [1.807, 2.05) is 13.0 Å². The van der Waals surface area contributed by atoms with E-state index in [1.54, 1.807) is 29.2 Å². The first-order valence-corrected chi connectivity index (χ1v) is 10.8. The third-order valence-corrected chi connectivity index (χ3v) is 6.08. The number of rotatable bonds is 5. The van der Waals surface area contributed by atoms with E-state index in [4.69, 9.17) is 23.2 Å². The van der Waals surface area contributed by atoms with Crippen LogP contribution in [-0.4, -0.2) is 51.0 Å². The fraction of sp³-hybridized carbons (Fsp3) is 0.318. The van der Waals surface area contributed by atoms with Gasteiger partial charge in [-0.15, -0.1) is 0 Å². The molecule has 0 saturated carbocycles. The number of likely N-dealkylation sites (tertiary alicyclic amines) is 1. The summed E-state index contributed by atoms with van der Waals surface area (Å²) in [5.74, 6) is 0.0386. The maximum atomic E-state index is 12.8. The van der Waals surface area contributed by atoms with E-state index in [2.05, 4.69) is 15.3 Å². The number of nitrogens with one attached hydrogen (secondary N) is 2. The Bertz CT molecular complexity index is 1150. The number of carbonyl (C=O) groups excluding carboxylic acids is 2. The van der Waals surface area contributed by atoms with Crippen molar-refractivity contribution in [1.29, 1.82) is 0 Å². The SMILES string of the molecule is C[C@H](NC(=O)c1ccc(C(=O)N2CCC[C@@H]2CO)c(Cl)c1)c1nc2cc(Cl)ccc2[nH]1. The lowest BCUT2D eigenvalue weighted by molar-refractivity contribution is 0.0677. The number of benzene rings is 2. The summed E-state index contributed by atoms with van der Waals surface area (Å²) in [5, 5.41) is 13.1. The summed E-state index contributed by atoms with van der Waals surface area (Å²) >= 11 is 12.3. The van der Waals surface area contributed by atoms with Crippen molar-refractivity contribution in [2.24, 2.45) is 0 Å². The van der Waals surface area contributed by atoms with Crippen LogP contribution in [0, 0.1) is 0 Å². The second-order valence-corrected chi connectivity index (χ2v) is 8.49. The Balaban J connectivity index is 1.48. The molecule has 1 aromatic heterocycles. The lowest BCUT2D eigenvalue weighted by Crippen LogP contribution is -2.37. The van der Waals surface area contributed by atoms with Crippen molar-refractivity contribution in [1.82, 2.24) is 20.2 Å². The molecule has 4 rings (SSSR count). The third-order valence-electron chi connectivity index (χ3n) is 5.53. The van der Waals surface area contributed by atoms with Gasteiger partial charge in [-0.25, -0.2) is 4.98 Å². The molecule has 1 fully saturated rings. The number of imidazole rings is 1. The molecule has 0 spiro atoms. The van der Waals surface area contributed by atoms with Crippen LogP contribution in [0.4, 0.5) is 0 Å². The lowest BCUT2D eigenvalue weighted by atomic mass is 10.1. The summed E-state index contributed by atoms with van der Waals surface area (Å²) < 4.78 is 0. The Hall–Kier alpha value is -2.61. The highest BCUT2D eigenvalue weighted by molar-refractivity contribution is 6.34. The minimum Gasteiger partial charge on any atom is -0.394 e. The molecule has 3 aromatic rings. The van der Waals surface area contributed by atoms with Gasteiger partial charge in [-0.3, -0.25) is 9.59 Å². The normalized spacial score (nSPS) is 17.2. The maximum absolute atomic E-state index is 12.8. The van der Waals surface area contributed by atoms with Crippen LogP contribution in [0.5, 0.6) is 0 Å². The monoisotopic (exact) mass is 460 g/mol. The predicted molar refractivity (Wildman–Crippen MR) is 120 cm³/mol. The molecular weight excluding hydrogens is 439 g/mol. The highest BCUT2D eigenvalue weighted by atomic mass is 35.5. The molecule has 1 aliphatic rings. The summed E-state index contributed by atoms with van der Waals surface area (Å²) in [5.41, 5.74) is 2.21. The lowest BCUT2D eigenvalue weighted by Gasteiger charge is -2.23. The van der Waals surface area contributed by atoms with Crippen molar-refractivity contribution in [3.8, 4) is 0 Å². The number of aliphatic hydroxyl groups excluding tert-OH is 1. The first-order chi connectivity index (χ1) is 14.9. The number of H-pyrrole nitrogens is 1. The molecule has 0 radical (unpaired) electrons. The summed E-state index contributed by atoms with van der Waals surface area (Å²) in [4.78, 5) is 34.8. The van der Waals surface area contributed by atoms with Crippen LogP contribution in [0.15, 0.2) is 36.4 Å². The minimum absolute atomic E-state index is 0.0737. The Morgan fingerprint density at radius 1 is 1.29 bits per heavy atom. The average molecular weight is 461 g/mol. The quantitative estimate of drug-likeness (QED) is 0.536. The predicted octanol–water partition coefficient (Wildman–Crippen LogP) is 3.96. The Labute approximate surface area is 189 Å². The summed E-state index contributed by atoms with van der Waals surface area (Å²) in [6.45, 7) is 2.33. The van der Waals surface area contributed by atoms with Crippen LogP contribution in [0.25, 0.3) is 11.0 Å². The molecule has 1 aliphatic heterocycles. The number of hydrogen-bond acceptors (Lipinski definition) is 4. The molecule has 2 heterocycles. The molecule has 162 valence electrons. The third kappa shape index (κ3) is 4.39. The molecule has 2 amide bonds. The largest absolute Gasteiger partial charge is 0.394 e. The molecule has 2 atom stereocenters. The Kier molecular flexibility index (Phi) is 6.18. The van der Waals surface area contributed by atoms with Crippen molar-refractivity contribution in [2.45, 2.75) is 31.8 Å². The van der Waals surface area contributed by atoms with Crippen LogP contribution < -0.4 is 5.32 Å². The Morgan fingerprint density at radius 3 is 2.84 bits per heavy atom. The van der Waals surface area contributed by atoms with E-state index in [-0.39, 0.29) is 35.5 Å². The van der Waals surface area contributed by atoms with E-state index < -0.39 is 0 Å². The highest BCUT2D eigenvalue weighted by Crippen LogP contribution is 2.25. The average Bonchev–Trinajstić information content (AvgIpc) is 3.39. The fourth-order valence-electron chi connectivity index (χ4n) is 3.83.